The van der Waals surface area contributed by atoms with E-state index in [1.807, 2.05) is 0 Å². The average molecular weight is 282 g/mol. The first-order valence-electron chi connectivity index (χ1n) is 8.48. The number of hydrogen-bond acceptors (Lipinski definition) is 2. The van der Waals surface area contributed by atoms with Crippen LogP contribution < -0.4 is 5.32 Å². The lowest BCUT2D eigenvalue weighted by molar-refractivity contribution is -0.131. The fraction of sp³-hybridized carbons (Fsp3) is 0.941. The molecule has 0 radical (unpaired) electrons. The summed E-state index contributed by atoms with van der Waals surface area (Å²) in [4.78, 5) is 14.7. The van der Waals surface area contributed by atoms with Crippen LogP contribution in [0.2, 0.25) is 0 Å². The SMILES string of the molecule is CCCCC1NC(CC)N(CC(C(C)C)C(C)C)C1=O. The van der Waals surface area contributed by atoms with Crippen molar-refractivity contribution in [3.63, 3.8) is 0 Å². The van der Waals surface area contributed by atoms with Crippen LogP contribution in [0.4, 0.5) is 0 Å². The molecule has 3 heteroatoms. The van der Waals surface area contributed by atoms with E-state index < -0.39 is 0 Å². The standard InChI is InChI=1S/C17H34N2O/c1-7-9-10-15-17(20)19(16(8-2)18-15)11-14(12(3)4)13(5)6/h12-16,18H,7-11H2,1-6H3. The molecule has 1 aliphatic rings. The van der Waals surface area contributed by atoms with E-state index >= 15 is 0 Å². The Morgan fingerprint density at radius 3 is 2.20 bits per heavy atom. The highest BCUT2D eigenvalue weighted by atomic mass is 16.2. The molecule has 0 aromatic heterocycles. The minimum Gasteiger partial charge on any atom is -0.326 e. The average Bonchev–Trinajstić information content (AvgIpc) is 2.69. The lowest BCUT2D eigenvalue weighted by Gasteiger charge is -2.32. The molecule has 0 aromatic carbocycles. The van der Waals surface area contributed by atoms with E-state index in [4.69, 9.17) is 0 Å². The van der Waals surface area contributed by atoms with Gasteiger partial charge < -0.3 is 4.90 Å². The van der Waals surface area contributed by atoms with Gasteiger partial charge >= 0.3 is 0 Å². The number of unbranched alkanes of at least 4 members (excludes halogenated alkanes) is 1. The molecule has 1 heterocycles. The normalized spacial score (nSPS) is 23.6. The van der Waals surface area contributed by atoms with Gasteiger partial charge in [0.1, 0.15) is 0 Å². The van der Waals surface area contributed by atoms with Crippen LogP contribution in [0.1, 0.15) is 67.2 Å². The van der Waals surface area contributed by atoms with Gasteiger partial charge in [0.05, 0.1) is 12.2 Å². The number of carbonyl (C=O) groups excluding carboxylic acids is 1. The summed E-state index contributed by atoms with van der Waals surface area (Å²) in [6.45, 7) is 14.3. The molecule has 118 valence electrons. The van der Waals surface area contributed by atoms with Crippen LogP contribution in [-0.4, -0.2) is 29.6 Å². The third kappa shape index (κ3) is 4.21. The molecule has 0 bridgehead atoms. The molecule has 0 saturated carbocycles. The van der Waals surface area contributed by atoms with E-state index in [1.54, 1.807) is 0 Å². The summed E-state index contributed by atoms with van der Waals surface area (Å²) in [6, 6.07) is 0.0554. The fourth-order valence-electron chi connectivity index (χ4n) is 3.34. The van der Waals surface area contributed by atoms with Gasteiger partial charge in [-0.15, -0.1) is 0 Å². The van der Waals surface area contributed by atoms with Crippen LogP contribution in [-0.2, 0) is 4.79 Å². The van der Waals surface area contributed by atoms with Crippen LogP contribution >= 0.6 is 0 Å². The van der Waals surface area contributed by atoms with Crippen molar-refractivity contribution < 1.29 is 4.79 Å². The highest BCUT2D eigenvalue weighted by molar-refractivity contribution is 5.84. The van der Waals surface area contributed by atoms with Crippen LogP contribution in [0.5, 0.6) is 0 Å². The summed E-state index contributed by atoms with van der Waals surface area (Å²) in [5, 5.41) is 3.53. The summed E-state index contributed by atoms with van der Waals surface area (Å²) in [5.74, 6) is 2.15. The van der Waals surface area contributed by atoms with Crippen LogP contribution in [0.3, 0.4) is 0 Å². The molecular weight excluding hydrogens is 248 g/mol. The van der Waals surface area contributed by atoms with Gasteiger partial charge in [0, 0.05) is 6.54 Å². The lowest BCUT2D eigenvalue weighted by Crippen LogP contribution is -2.42. The minimum absolute atomic E-state index is 0.0554. The topological polar surface area (TPSA) is 32.3 Å². The highest BCUT2D eigenvalue weighted by Crippen LogP contribution is 2.26. The lowest BCUT2D eigenvalue weighted by atomic mass is 9.85. The quantitative estimate of drug-likeness (QED) is 0.737. The van der Waals surface area contributed by atoms with Crippen LogP contribution in [0, 0.1) is 17.8 Å². The van der Waals surface area contributed by atoms with Gasteiger partial charge in [-0.2, -0.15) is 0 Å². The molecule has 20 heavy (non-hydrogen) atoms. The third-order valence-electron chi connectivity index (χ3n) is 4.70. The predicted molar refractivity (Wildman–Crippen MR) is 85.4 cm³/mol. The molecule has 0 spiro atoms. The number of nitrogens with one attached hydrogen (secondary N) is 1. The van der Waals surface area contributed by atoms with Crippen molar-refractivity contribution in [3.05, 3.63) is 0 Å². The second-order valence-electron chi connectivity index (χ2n) is 6.93. The zero-order chi connectivity index (χ0) is 15.3. The number of amides is 1. The molecule has 1 fully saturated rings. The van der Waals surface area contributed by atoms with Crippen molar-refractivity contribution in [2.45, 2.75) is 79.4 Å². The zero-order valence-corrected chi connectivity index (χ0v) is 14.3. The highest BCUT2D eigenvalue weighted by Gasteiger charge is 2.38. The molecule has 1 aliphatic heterocycles. The van der Waals surface area contributed by atoms with Crippen molar-refractivity contribution in [1.82, 2.24) is 10.2 Å². The molecule has 2 unspecified atom stereocenters. The van der Waals surface area contributed by atoms with E-state index in [0.29, 0.717) is 23.7 Å². The second-order valence-corrected chi connectivity index (χ2v) is 6.93. The number of nitrogens with zero attached hydrogens (tertiary/aromatic N) is 1. The van der Waals surface area contributed by atoms with Gasteiger partial charge in [-0.05, 0) is 30.6 Å². The molecule has 1 amide bonds. The first-order chi connectivity index (χ1) is 9.42. The van der Waals surface area contributed by atoms with Crippen LogP contribution in [0.15, 0.2) is 0 Å². The fourth-order valence-corrected chi connectivity index (χ4v) is 3.34. The van der Waals surface area contributed by atoms with E-state index in [-0.39, 0.29) is 12.2 Å². The molecule has 2 atom stereocenters. The largest absolute Gasteiger partial charge is 0.326 e. The first-order valence-corrected chi connectivity index (χ1v) is 8.48. The third-order valence-corrected chi connectivity index (χ3v) is 4.70. The Kier molecular flexibility index (Phi) is 7.01. The Morgan fingerprint density at radius 1 is 1.15 bits per heavy atom. The molecular formula is C17H34N2O. The van der Waals surface area contributed by atoms with Crippen molar-refractivity contribution in [3.8, 4) is 0 Å². The van der Waals surface area contributed by atoms with E-state index in [9.17, 15) is 4.79 Å². The Balaban J connectivity index is 2.73. The van der Waals surface area contributed by atoms with Gasteiger partial charge in [-0.3, -0.25) is 10.1 Å². The van der Waals surface area contributed by atoms with Gasteiger partial charge in [-0.25, -0.2) is 0 Å². The summed E-state index contributed by atoms with van der Waals surface area (Å²) >= 11 is 0. The summed E-state index contributed by atoms with van der Waals surface area (Å²) < 4.78 is 0. The first kappa shape index (κ1) is 17.5. The monoisotopic (exact) mass is 282 g/mol. The molecule has 1 N–H and O–H groups in total. The van der Waals surface area contributed by atoms with Crippen LogP contribution in [0.25, 0.3) is 0 Å². The molecule has 0 aromatic rings. The van der Waals surface area contributed by atoms with E-state index in [0.717, 1.165) is 32.2 Å². The van der Waals surface area contributed by atoms with Crippen molar-refractivity contribution in [2.24, 2.45) is 17.8 Å². The van der Waals surface area contributed by atoms with Crippen molar-refractivity contribution >= 4 is 5.91 Å². The number of carbonyl (C=O) groups is 1. The molecule has 1 rings (SSSR count). The van der Waals surface area contributed by atoms with E-state index in [1.165, 1.54) is 0 Å². The minimum atomic E-state index is 0.0554. The maximum atomic E-state index is 12.6. The Bertz CT molecular complexity index is 293. The Hall–Kier alpha value is -0.570. The van der Waals surface area contributed by atoms with Gasteiger partial charge in [0.15, 0.2) is 0 Å². The summed E-state index contributed by atoms with van der Waals surface area (Å²) in [7, 11) is 0. The Labute approximate surface area is 125 Å². The van der Waals surface area contributed by atoms with Crippen molar-refractivity contribution in [1.29, 1.82) is 0 Å². The smallest absolute Gasteiger partial charge is 0.241 e. The van der Waals surface area contributed by atoms with Gasteiger partial charge in [0.25, 0.3) is 0 Å². The molecule has 3 nitrogen and oxygen atoms in total. The number of rotatable bonds is 8. The predicted octanol–water partition coefficient (Wildman–Crippen LogP) is 3.64. The second kappa shape index (κ2) is 8.02. The molecule has 1 saturated heterocycles. The van der Waals surface area contributed by atoms with Crippen molar-refractivity contribution in [2.75, 3.05) is 6.54 Å². The maximum absolute atomic E-state index is 12.6. The van der Waals surface area contributed by atoms with E-state index in [2.05, 4.69) is 51.8 Å². The summed E-state index contributed by atoms with van der Waals surface area (Å²) in [5.41, 5.74) is 0. The number of hydrogen-bond donors (Lipinski definition) is 1. The Morgan fingerprint density at radius 2 is 1.75 bits per heavy atom. The summed E-state index contributed by atoms with van der Waals surface area (Å²) in [6.07, 6.45) is 4.51. The van der Waals surface area contributed by atoms with Gasteiger partial charge in [0.2, 0.25) is 5.91 Å². The zero-order valence-electron chi connectivity index (χ0n) is 14.3. The van der Waals surface area contributed by atoms with Gasteiger partial charge in [-0.1, -0.05) is 54.4 Å². The molecule has 0 aliphatic carbocycles. The maximum Gasteiger partial charge on any atom is 0.241 e.